The number of rotatable bonds is 4. The molecule has 0 amide bonds. The van der Waals surface area contributed by atoms with Crippen molar-refractivity contribution in [1.82, 2.24) is 15.0 Å². The van der Waals surface area contributed by atoms with Gasteiger partial charge in [-0.1, -0.05) is 103 Å². The van der Waals surface area contributed by atoms with Gasteiger partial charge in [0.25, 0.3) is 0 Å². The topological polar surface area (TPSA) is 38.7 Å². The highest BCUT2D eigenvalue weighted by atomic mass is 32.1. The third-order valence-corrected chi connectivity index (χ3v) is 11.4. The molecular formula is C43H25N3S2. The summed E-state index contributed by atoms with van der Waals surface area (Å²) in [6, 6.07) is 54.0. The lowest BCUT2D eigenvalue weighted by atomic mass is 9.99. The fraction of sp³-hybridized carbons (Fsp3) is 0. The van der Waals surface area contributed by atoms with Gasteiger partial charge in [-0.2, -0.15) is 0 Å². The van der Waals surface area contributed by atoms with E-state index in [2.05, 4.69) is 133 Å². The first-order valence-electron chi connectivity index (χ1n) is 15.9. The van der Waals surface area contributed by atoms with Crippen molar-refractivity contribution >= 4 is 73.8 Å². The third kappa shape index (κ3) is 4.59. The average Bonchev–Trinajstić information content (AvgIpc) is 3.72. The monoisotopic (exact) mass is 647 g/mol. The first-order valence-corrected chi connectivity index (χ1v) is 17.6. The summed E-state index contributed by atoms with van der Waals surface area (Å²) in [7, 11) is 0. The number of nitrogens with zero attached hydrogens (tertiary/aromatic N) is 3. The van der Waals surface area contributed by atoms with Gasteiger partial charge in [0.2, 0.25) is 0 Å². The Morgan fingerprint density at radius 2 is 0.812 bits per heavy atom. The molecule has 10 rings (SSSR count). The highest BCUT2D eigenvalue weighted by Crippen LogP contribution is 2.40. The molecule has 3 aromatic heterocycles. The molecule has 0 fully saturated rings. The van der Waals surface area contributed by atoms with E-state index in [0.717, 1.165) is 16.7 Å². The predicted octanol–water partition coefficient (Wildman–Crippen LogP) is 12.4. The zero-order chi connectivity index (χ0) is 31.6. The van der Waals surface area contributed by atoms with Crippen LogP contribution in [0.3, 0.4) is 0 Å². The van der Waals surface area contributed by atoms with Crippen LogP contribution in [0.4, 0.5) is 0 Å². The normalized spacial score (nSPS) is 11.8. The van der Waals surface area contributed by atoms with Crippen LogP contribution in [0.25, 0.3) is 96.4 Å². The minimum Gasteiger partial charge on any atom is -0.208 e. The van der Waals surface area contributed by atoms with E-state index >= 15 is 0 Å². The second-order valence-corrected chi connectivity index (χ2v) is 14.2. The van der Waals surface area contributed by atoms with Crippen molar-refractivity contribution in [1.29, 1.82) is 0 Å². The quantitative estimate of drug-likeness (QED) is 0.191. The molecule has 0 aliphatic heterocycles. The molecule has 5 heteroatoms. The van der Waals surface area contributed by atoms with Crippen molar-refractivity contribution in [2.75, 3.05) is 0 Å². The third-order valence-electron chi connectivity index (χ3n) is 9.11. The van der Waals surface area contributed by atoms with Gasteiger partial charge < -0.3 is 0 Å². The van der Waals surface area contributed by atoms with Crippen LogP contribution in [0.2, 0.25) is 0 Å². The van der Waals surface area contributed by atoms with E-state index in [4.69, 9.17) is 15.0 Å². The molecule has 0 bridgehead atoms. The van der Waals surface area contributed by atoms with Gasteiger partial charge in [-0.25, -0.2) is 15.0 Å². The van der Waals surface area contributed by atoms with Crippen molar-refractivity contribution in [2.45, 2.75) is 0 Å². The molecule has 0 aliphatic rings. The molecule has 0 spiro atoms. The van der Waals surface area contributed by atoms with Crippen molar-refractivity contribution in [3.63, 3.8) is 0 Å². The average molecular weight is 648 g/mol. The van der Waals surface area contributed by atoms with Crippen LogP contribution < -0.4 is 0 Å². The molecule has 3 heterocycles. The molecule has 3 nitrogen and oxygen atoms in total. The molecule has 0 radical (unpaired) electrons. The van der Waals surface area contributed by atoms with Gasteiger partial charge in [0, 0.05) is 57.0 Å². The Morgan fingerprint density at radius 3 is 1.62 bits per heavy atom. The standard InChI is InChI=1S/C43H25N3S2/c1-2-9-27(10-3-1)41-44-42(31-18-21-38-36(24-31)33-12-6-7-13-37(33)47-38)46-43(45-41)32-16-19-34-35-23-30(17-20-39(35)48-40(34)25-32)29-15-14-26-8-4-5-11-28(26)22-29/h1-25H. The SMILES string of the molecule is c1ccc(-c2nc(-c3ccc4c(c3)sc3ccc(-c5ccc6ccccc6c5)cc34)nc(-c3ccc4sc5ccccc5c4c3)n2)cc1. The van der Waals surface area contributed by atoms with Gasteiger partial charge in [0.05, 0.1) is 0 Å². The smallest absolute Gasteiger partial charge is 0.164 e. The first kappa shape index (κ1) is 27.4. The van der Waals surface area contributed by atoms with Crippen molar-refractivity contribution in [3.8, 4) is 45.3 Å². The summed E-state index contributed by atoms with van der Waals surface area (Å²) in [5, 5.41) is 7.51. The summed E-state index contributed by atoms with van der Waals surface area (Å²) in [6.07, 6.45) is 0. The van der Waals surface area contributed by atoms with Gasteiger partial charge in [0.15, 0.2) is 17.5 Å². The Hall–Kier alpha value is -5.75. The van der Waals surface area contributed by atoms with Crippen molar-refractivity contribution in [3.05, 3.63) is 152 Å². The molecule has 0 saturated heterocycles. The van der Waals surface area contributed by atoms with Gasteiger partial charge in [-0.3, -0.25) is 0 Å². The van der Waals surface area contributed by atoms with Crippen LogP contribution in [0.15, 0.2) is 152 Å². The number of aromatic nitrogens is 3. The van der Waals surface area contributed by atoms with E-state index < -0.39 is 0 Å². The lowest BCUT2D eigenvalue weighted by molar-refractivity contribution is 1.08. The zero-order valence-electron chi connectivity index (χ0n) is 25.6. The fourth-order valence-corrected chi connectivity index (χ4v) is 8.89. The number of hydrogen-bond acceptors (Lipinski definition) is 5. The Bertz CT molecular complexity index is 2850. The lowest BCUT2D eigenvalue weighted by Gasteiger charge is -2.09. The second kappa shape index (κ2) is 10.9. The van der Waals surface area contributed by atoms with Crippen LogP contribution >= 0.6 is 22.7 Å². The lowest BCUT2D eigenvalue weighted by Crippen LogP contribution is -2.00. The maximum atomic E-state index is 5.10. The Morgan fingerprint density at radius 1 is 0.292 bits per heavy atom. The second-order valence-electron chi connectivity index (χ2n) is 12.1. The molecule has 0 N–H and O–H groups in total. The van der Waals surface area contributed by atoms with Crippen LogP contribution in [0, 0.1) is 0 Å². The maximum absolute atomic E-state index is 5.10. The molecule has 48 heavy (non-hydrogen) atoms. The Labute approximate surface area is 284 Å². The van der Waals surface area contributed by atoms with E-state index in [1.54, 1.807) is 0 Å². The summed E-state index contributed by atoms with van der Waals surface area (Å²) in [5.74, 6) is 2.01. The Balaban J connectivity index is 1.10. The summed E-state index contributed by atoms with van der Waals surface area (Å²) < 4.78 is 5.03. The van der Waals surface area contributed by atoms with Crippen LogP contribution in [-0.2, 0) is 0 Å². The fourth-order valence-electron chi connectivity index (χ4n) is 6.68. The van der Waals surface area contributed by atoms with Gasteiger partial charge in [-0.15, -0.1) is 22.7 Å². The highest BCUT2D eigenvalue weighted by Gasteiger charge is 2.16. The van der Waals surface area contributed by atoms with E-state index in [0.29, 0.717) is 17.5 Å². The van der Waals surface area contributed by atoms with E-state index in [1.807, 2.05) is 40.9 Å². The van der Waals surface area contributed by atoms with E-state index in [-0.39, 0.29) is 0 Å². The van der Waals surface area contributed by atoms with Crippen LogP contribution in [0.1, 0.15) is 0 Å². The van der Waals surface area contributed by atoms with Crippen molar-refractivity contribution in [2.24, 2.45) is 0 Å². The van der Waals surface area contributed by atoms with Crippen LogP contribution in [-0.4, -0.2) is 15.0 Å². The van der Waals surface area contributed by atoms with Crippen LogP contribution in [0.5, 0.6) is 0 Å². The summed E-state index contributed by atoms with van der Waals surface area (Å²) >= 11 is 3.63. The maximum Gasteiger partial charge on any atom is 0.164 e. The molecule has 0 saturated carbocycles. The molecular weight excluding hydrogens is 623 g/mol. The highest BCUT2D eigenvalue weighted by molar-refractivity contribution is 7.26. The minimum absolute atomic E-state index is 0.669. The molecule has 0 unspecified atom stereocenters. The van der Waals surface area contributed by atoms with Gasteiger partial charge in [0.1, 0.15) is 0 Å². The molecule has 7 aromatic carbocycles. The number of fused-ring (bicyclic) bond motifs is 7. The molecule has 10 aromatic rings. The largest absolute Gasteiger partial charge is 0.208 e. The minimum atomic E-state index is 0.669. The first-order chi connectivity index (χ1) is 23.7. The van der Waals surface area contributed by atoms with Gasteiger partial charge >= 0.3 is 0 Å². The summed E-state index contributed by atoms with van der Waals surface area (Å²) in [6.45, 7) is 0. The zero-order valence-corrected chi connectivity index (χ0v) is 27.2. The Kier molecular flexibility index (Phi) is 6.22. The number of thiophene rings is 2. The number of hydrogen-bond donors (Lipinski definition) is 0. The summed E-state index contributed by atoms with van der Waals surface area (Å²) in [5.41, 5.74) is 5.38. The molecule has 0 aliphatic carbocycles. The van der Waals surface area contributed by atoms with Gasteiger partial charge in [-0.05, 0) is 70.4 Å². The van der Waals surface area contributed by atoms with E-state index in [1.165, 1.54) is 62.2 Å². The molecule has 224 valence electrons. The predicted molar refractivity (Wildman–Crippen MR) is 205 cm³/mol. The molecule has 0 atom stereocenters. The number of benzene rings is 7. The van der Waals surface area contributed by atoms with Crippen molar-refractivity contribution < 1.29 is 0 Å². The van der Waals surface area contributed by atoms with E-state index in [9.17, 15) is 0 Å². The summed E-state index contributed by atoms with van der Waals surface area (Å²) in [4.78, 5) is 15.1.